The smallest absolute Gasteiger partial charge is 0.255 e. The number of carbonyl (C=O) groups excluding carboxylic acids is 3. The summed E-state index contributed by atoms with van der Waals surface area (Å²) in [6.45, 7) is 3.57. The zero-order valence-electron chi connectivity index (χ0n) is 15.8. The Morgan fingerprint density at radius 3 is 2.63 bits per heavy atom. The molecule has 3 amide bonds. The molecule has 0 bridgehead atoms. The first-order valence-electron chi connectivity index (χ1n) is 10.0. The molecule has 2 fully saturated rings. The lowest BCUT2D eigenvalue weighted by Gasteiger charge is -2.29. The third kappa shape index (κ3) is 3.76. The minimum absolute atomic E-state index is 0.111. The van der Waals surface area contributed by atoms with Gasteiger partial charge in [0.25, 0.3) is 5.91 Å². The molecule has 0 radical (unpaired) electrons. The van der Waals surface area contributed by atoms with Gasteiger partial charge in [-0.25, -0.2) is 0 Å². The summed E-state index contributed by atoms with van der Waals surface area (Å²) in [6, 6.07) is 5.99. The Kier molecular flexibility index (Phi) is 5.00. The van der Waals surface area contributed by atoms with Crippen LogP contribution in [0.5, 0.6) is 0 Å². The number of imide groups is 1. The summed E-state index contributed by atoms with van der Waals surface area (Å²) < 4.78 is 0. The monoisotopic (exact) mass is 369 g/mol. The minimum atomic E-state index is -0.548. The Morgan fingerprint density at radius 1 is 1.11 bits per heavy atom. The van der Waals surface area contributed by atoms with E-state index in [1.54, 1.807) is 4.90 Å². The van der Waals surface area contributed by atoms with Gasteiger partial charge in [0, 0.05) is 31.1 Å². The van der Waals surface area contributed by atoms with Crippen molar-refractivity contribution >= 4 is 17.7 Å². The highest BCUT2D eigenvalue weighted by Gasteiger charge is 2.39. The summed E-state index contributed by atoms with van der Waals surface area (Å²) in [6.07, 6.45) is 5.72. The second kappa shape index (κ2) is 7.43. The highest BCUT2D eigenvalue weighted by atomic mass is 16.2. The van der Waals surface area contributed by atoms with E-state index in [1.165, 1.54) is 31.2 Å². The maximum absolute atomic E-state index is 12.7. The fraction of sp³-hybridized carbons (Fsp3) is 0.571. The van der Waals surface area contributed by atoms with Crippen LogP contribution in [0.4, 0.5) is 0 Å². The van der Waals surface area contributed by atoms with Gasteiger partial charge >= 0.3 is 0 Å². The van der Waals surface area contributed by atoms with E-state index in [4.69, 9.17) is 0 Å². The summed E-state index contributed by atoms with van der Waals surface area (Å²) in [5, 5.41) is 5.99. The van der Waals surface area contributed by atoms with Gasteiger partial charge in [-0.2, -0.15) is 0 Å². The molecule has 2 heterocycles. The Morgan fingerprint density at radius 2 is 1.89 bits per heavy atom. The number of piperidine rings is 1. The van der Waals surface area contributed by atoms with Gasteiger partial charge in [0.15, 0.2) is 0 Å². The van der Waals surface area contributed by atoms with Gasteiger partial charge < -0.3 is 10.2 Å². The van der Waals surface area contributed by atoms with E-state index in [0.29, 0.717) is 24.6 Å². The average Bonchev–Trinajstić information content (AvgIpc) is 2.97. The van der Waals surface area contributed by atoms with Gasteiger partial charge in [-0.3, -0.25) is 19.7 Å². The highest BCUT2D eigenvalue weighted by Crippen LogP contribution is 2.28. The lowest BCUT2D eigenvalue weighted by atomic mass is 9.87. The number of nitrogens with one attached hydrogen (secondary N) is 2. The lowest BCUT2D eigenvalue weighted by molar-refractivity contribution is -0.136. The molecular weight excluding hydrogens is 342 g/mol. The van der Waals surface area contributed by atoms with Gasteiger partial charge in [-0.05, 0) is 55.2 Å². The van der Waals surface area contributed by atoms with Crippen LogP contribution in [0.2, 0.25) is 0 Å². The second-order valence-corrected chi connectivity index (χ2v) is 8.23. The van der Waals surface area contributed by atoms with Crippen LogP contribution >= 0.6 is 0 Å². The molecule has 1 aliphatic carbocycles. The van der Waals surface area contributed by atoms with Crippen LogP contribution in [0.1, 0.15) is 66.9 Å². The largest absolute Gasteiger partial charge is 0.322 e. The molecule has 27 heavy (non-hydrogen) atoms. The van der Waals surface area contributed by atoms with Gasteiger partial charge in [-0.15, -0.1) is 0 Å². The number of fused-ring (bicyclic) bond motifs is 1. The summed E-state index contributed by atoms with van der Waals surface area (Å²) in [7, 11) is 0. The number of hydrogen-bond donors (Lipinski definition) is 2. The molecule has 0 aromatic heterocycles. The Hall–Kier alpha value is -2.21. The fourth-order valence-electron chi connectivity index (χ4n) is 4.46. The zero-order chi connectivity index (χ0) is 19.0. The van der Waals surface area contributed by atoms with Gasteiger partial charge in [-0.1, -0.05) is 19.1 Å². The van der Waals surface area contributed by atoms with E-state index in [0.717, 1.165) is 18.0 Å². The highest BCUT2D eigenvalue weighted by molar-refractivity contribution is 6.05. The molecule has 144 valence electrons. The van der Waals surface area contributed by atoms with E-state index >= 15 is 0 Å². The third-order valence-corrected chi connectivity index (χ3v) is 6.20. The van der Waals surface area contributed by atoms with Crippen LogP contribution in [0.3, 0.4) is 0 Å². The van der Waals surface area contributed by atoms with Crippen LogP contribution < -0.4 is 10.6 Å². The predicted octanol–water partition coefficient (Wildman–Crippen LogP) is 2.12. The Labute approximate surface area is 159 Å². The van der Waals surface area contributed by atoms with E-state index < -0.39 is 6.04 Å². The number of carbonyl (C=O) groups is 3. The van der Waals surface area contributed by atoms with Crippen LogP contribution in [-0.4, -0.2) is 34.7 Å². The molecule has 2 N–H and O–H groups in total. The first kappa shape index (κ1) is 18.2. The maximum Gasteiger partial charge on any atom is 0.255 e. The van der Waals surface area contributed by atoms with Crippen molar-refractivity contribution in [3.8, 4) is 0 Å². The maximum atomic E-state index is 12.7. The second-order valence-electron chi connectivity index (χ2n) is 8.23. The molecule has 2 aliphatic heterocycles. The van der Waals surface area contributed by atoms with Crippen molar-refractivity contribution in [2.45, 2.75) is 70.6 Å². The number of amides is 3. The van der Waals surface area contributed by atoms with Gasteiger partial charge in [0.05, 0.1) is 0 Å². The van der Waals surface area contributed by atoms with Crippen molar-refractivity contribution in [2.75, 3.05) is 0 Å². The summed E-state index contributed by atoms with van der Waals surface area (Å²) in [4.78, 5) is 37.8. The van der Waals surface area contributed by atoms with Gasteiger partial charge in [0.2, 0.25) is 11.8 Å². The zero-order valence-corrected chi connectivity index (χ0v) is 15.8. The molecule has 0 spiro atoms. The molecule has 1 aromatic rings. The molecule has 6 nitrogen and oxygen atoms in total. The molecule has 1 saturated heterocycles. The quantitative estimate of drug-likeness (QED) is 0.797. The molecule has 6 heteroatoms. The molecule has 1 unspecified atom stereocenters. The SMILES string of the molecule is C[C@H]1CC[C@@H](NCc2ccc3c(c2)CN(C2CCC(=O)NC2=O)C3=O)CC1. The van der Waals surface area contributed by atoms with Gasteiger partial charge in [0.1, 0.15) is 6.04 Å². The summed E-state index contributed by atoms with van der Waals surface area (Å²) >= 11 is 0. The van der Waals surface area contributed by atoms with Crippen LogP contribution in [0, 0.1) is 5.92 Å². The van der Waals surface area contributed by atoms with Crippen molar-refractivity contribution in [1.29, 1.82) is 0 Å². The van der Waals surface area contributed by atoms with Crippen LogP contribution in [0.15, 0.2) is 18.2 Å². The van der Waals surface area contributed by atoms with Crippen molar-refractivity contribution in [3.63, 3.8) is 0 Å². The Balaban J connectivity index is 1.40. The minimum Gasteiger partial charge on any atom is -0.322 e. The number of rotatable bonds is 4. The van der Waals surface area contributed by atoms with E-state index in [1.807, 2.05) is 12.1 Å². The first-order valence-corrected chi connectivity index (χ1v) is 10.0. The van der Waals surface area contributed by atoms with Crippen molar-refractivity contribution < 1.29 is 14.4 Å². The number of benzene rings is 1. The van der Waals surface area contributed by atoms with E-state index in [-0.39, 0.29) is 24.1 Å². The molecule has 1 aromatic carbocycles. The van der Waals surface area contributed by atoms with Crippen LogP contribution in [0.25, 0.3) is 0 Å². The predicted molar refractivity (Wildman–Crippen MR) is 101 cm³/mol. The molecular formula is C21H27N3O3. The third-order valence-electron chi connectivity index (χ3n) is 6.20. The van der Waals surface area contributed by atoms with E-state index in [9.17, 15) is 14.4 Å². The number of hydrogen-bond acceptors (Lipinski definition) is 4. The average molecular weight is 369 g/mol. The fourth-order valence-corrected chi connectivity index (χ4v) is 4.46. The lowest BCUT2D eigenvalue weighted by Crippen LogP contribution is -2.52. The van der Waals surface area contributed by atoms with E-state index in [2.05, 4.69) is 23.6 Å². The van der Waals surface area contributed by atoms with Crippen molar-refractivity contribution in [1.82, 2.24) is 15.5 Å². The molecule has 3 aliphatic rings. The Bertz CT molecular complexity index is 768. The van der Waals surface area contributed by atoms with Crippen molar-refractivity contribution in [2.24, 2.45) is 5.92 Å². The topological polar surface area (TPSA) is 78.5 Å². The summed E-state index contributed by atoms with van der Waals surface area (Å²) in [5.41, 5.74) is 2.82. The normalized spacial score (nSPS) is 28.3. The first-order chi connectivity index (χ1) is 13.0. The standard InChI is InChI=1S/C21H27N3O3/c1-13-2-5-16(6-3-13)22-11-14-4-7-17-15(10-14)12-24(21(17)27)18-8-9-19(25)23-20(18)26/h4,7,10,13,16,18,22H,2-3,5-6,8-9,11-12H2,1H3,(H,23,25,26)/t13-,16+,18?. The summed E-state index contributed by atoms with van der Waals surface area (Å²) in [5.74, 6) is 0.110. The molecule has 1 saturated carbocycles. The molecule has 1 atom stereocenters. The van der Waals surface area contributed by atoms with Crippen LogP contribution in [-0.2, 0) is 22.7 Å². The van der Waals surface area contributed by atoms with Crippen molar-refractivity contribution in [3.05, 3.63) is 34.9 Å². The molecule has 4 rings (SSSR count). The number of nitrogens with zero attached hydrogens (tertiary/aromatic N) is 1.